The van der Waals surface area contributed by atoms with Gasteiger partial charge in [-0.25, -0.2) is 8.78 Å². The highest BCUT2D eigenvalue weighted by atomic mass is 19.1. The van der Waals surface area contributed by atoms with Crippen LogP contribution in [0.4, 0.5) is 14.5 Å². The van der Waals surface area contributed by atoms with Crippen LogP contribution in [0.25, 0.3) is 0 Å². The molecule has 1 fully saturated rings. The van der Waals surface area contributed by atoms with Crippen LogP contribution in [0, 0.1) is 21.7 Å². The van der Waals surface area contributed by atoms with Crippen LogP contribution in [-0.2, 0) is 6.54 Å². The van der Waals surface area contributed by atoms with Crippen LogP contribution < -0.4 is 0 Å². The van der Waals surface area contributed by atoms with Crippen molar-refractivity contribution < 1.29 is 13.7 Å². The van der Waals surface area contributed by atoms with Gasteiger partial charge in [0, 0.05) is 23.7 Å². The predicted molar refractivity (Wildman–Crippen MR) is 86.2 cm³/mol. The average molecular weight is 344 g/mol. The molecule has 1 atom stereocenters. The minimum absolute atomic E-state index is 0.110. The van der Waals surface area contributed by atoms with Gasteiger partial charge in [0.1, 0.15) is 23.7 Å². The first-order chi connectivity index (χ1) is 12.0. The first-order valence-electron chi connectivity index (χ1n) is 7.94. The molecule has 0 aliphatic carbocycles. The lowest BCUT2D eigenvalue weighted by atomic mass is 10.0. The highest BCUT2D eigenvalue weighted by molar-refractivity contribution is 6.02. The standard InChI is InChI=1S/C17H14F2N4O2/c18-10-3-4-14(19)12(6-10)16-2-1-5-22(16)17-13-7-11(23(24)25)8-20-15(13)9-21-17/h3-4,6-8,16H,1-2,5,9H2/t16-/m1/s1. The molecule has 3 heterocycles. The van der Waals surface area contributed by atoms with Crippen LogP contribution in [-0.4, -0.2) is 27.2 Å². The Bertz CT molecular complexity index is 900. The summed E-state index contributed by atoms with van der Waals surface area (Å²) >= 11 is 0. The number of benzene rings is 1. The second-order valence-electron chi connectivity index (χ2n) is 6.10. The van der Waals surface area contributed by atoms with Gasteiger partial charge in [-0.2, -0.15) is 0 Å². The molecule has 0 radical (unpaired) electrons. The average Bonchev–Trinajstić information content (AvgIpc) is 3.22. The Morgan fingerprint density at radius 1 is 1.28 bits per heavy atom. The van der Waals surface area contributed by atoms with Gasteiger partial charge in [-0.05, 0) is 31.0 Å². The van der Waals surface area contributed by atoms with E-state index >= 15 is 0 Å². The number of fused-ring (bicyclic) bond motifs is 1. The monoisotopic (exact) mass is 344 g/mol. The molecule has 0 unspecified atom stereocenters. The number of pyridine rings is 1. The molecule has 6 nitrogen and oxygen atoms in total. The van der Waals surface area contributed by atoms with E-state index in [1.54, 1.807) is 0 Å². The van der Waals surface area contributed by atoms with Gasteiger partial charge in [0.15, 0.2) is 0 Å². The number of rotatable bonds is 2. The van der Waals surface area contributed by atoms with E-state index in [1.165, 1.54) is 18.3 Å². The number of halogens is 2. The fourth-order valence-electron chi connectivity index (χ4n) is 3.50. The quantitative estimate of drug-likeness (QED) is 0.619. The number of likely N-dealkylation sites (tertiary alicyclic amines) is 1. The molecule has 2 aliphatic heterocycles. The van der Waals surface area contributed by atoms with Crippen molar-refractivity contribution in [2.75, 3.05) is 6.54 Å². The number of amidine groups is 1. The number of aliphatic imine (C=N–C) groups is 1. The zero-order valence-corrected chi connectivity index (χ0v) is 13.2. The van der Waals surface area contributed by atoms with Gasteiger partial charge in [-0.15, -0.1) is 0 Å². The maximum atomic E-state index is 14.2. The predicted octanol–water partition coefficient (Wildman–Crippen LogP) is 3.37. The van der Waals surface area contributed by atoms with Crippen molar-refractivity contribution in [3.05, 3.63) is 69.0 Å². The number of nitrogens with zero attached hydrogens (tertiary/aromatic N) is 4. The molecule has 1 aromatic carbocycles. The highest BCUT2D eigenvalue weighted by Gasteiger charge is 2.34. The number of aromatic nitrogens is 1. The summed E-state index contributed by atoms with van der Waals surface area (Å²) in [6.45, 7) is 0.957. The molecule has 128 valence electrons. The maximum Gasteiger partial charge on any atom is 0.288 e. The molecule has 2 aromatic rings. The number of hydrogen-bond acceptors (Lipinski definition) is 5. The number of nitro groups is 1. The van der Waals surface area contributed by atoms with E-state index in [4.69, 9.17) is 0 Å². The summed E-state index contributed by atoms with van der Waals surface area (Å²) in [6.07, 6.45) is 2.68. The Morgan fingerprint density at radius 3 is 2.92 bits per heavy atom. The van der Waals surface area contributed by atoms with E-state index in [0.29, 0.717) is 36.6 Å². The summed E-state index contributed by atoms with van der Waals surface area (Å²) in [5.41, 5.74) is 1.43. The SMILES string of the molecule is O=[N+]([O-])c1cnc2c(c1)C(N1CCC[C@@H]1c1cc(F)ccc1F)=NC2. The molecule has 0 N–H and O–H groups in total. The van der Waals surface area contributed by atoms with Gasteiger partial charge in [-0.3, -0.25) is 20.1 Å². The second kappa shape index (κ2) is 5.87. The molecule has 0 spiro atoms. The van der Waals surface area contributed by atoms with Gasteiger partial charge in [0.05, 0.1) is 23.2 Å². The molecule has 2 aliphatic rings. The van der Waals surface area contributed by atoms with Crippen LogP contribution in [0.5, 0.6) is 0 Å². The first-order valence-corrected chi connectivity index (χ1v) is 7.94. The lowest BCUT2D eigenvalue weighted by molar-refractivity contribution is -0.385. The Kier molecular flexibility index (Phi) is 3.67. The summed E-state index contributed by atoms with van der Waals surface area (Å²) in [6, 6.07) is 4.53. The fourth-order valence-corrected chi connectivity index (χ4v) is 3.50. The van der Waals surface area contributed by atoms with Crippen molar-refractivity contribution in [3.8, 4) is 0 Å². The smallest absolute Gasteiger partial charge is 0.288 e. The highest BCUT2D eigenvalue weighted by Crippen LogP contribution is 2.37. The number of hydrogen-bond donors (Lipinski definition) is 0. The fraction of sp³-hybridized carbons (Fsp3) is 0.294. The van der Waals surface area contributed by atoms with Crippen molar-refractivity contribution >= 4 is 11.5 Å². The molecule has 0 amide bonds. The Morgan fingerprint density at radius 2 is 2.12 bits per heavy atom. The van der Waals surface area contributed by atoms with Gasteiger partial charge in [-0.1, -0.05) is 0 Å². The van der Waals surface area contributed by atoms with E-state index < -0.39 is 16.6 Å². The molecule has 8 heteroatoms. The molecule has 1 saturated heterocycles. The minimum Gasteiger partial charge on any atom is -0.349 e. The molecular weight excluding hydrogens is 330 g/mol. The van der Waals surface area contributed by atoms with Crippen LogP contribution in [0.1, 0.15) is 35.7 Å². The summed E-state index contributed by atoms with van der Waals surface area (Å²) in [5, 5.41) is 11.0. The van der Waals surface area contributed by atoms with E-state index in [1.807, 2.05) is 4.90 Å². The zero-order valence-electron chi connectivity index (χ0n) is 13.2. The Hall–Kier alpha value is -2.90. The van der Waals surface area contributed by atoms with Gasteiger partial charge < -0.3 is 4.90 Å². The third-order valence-corrected chi connectivity index (χ3v) is 4.63. The van der Waals surface area contributed by atoms with Crippen molar-refractivity contribution in [3.63, 3.8) is 0 Å². The van der Waals surface area contributed by atoms with Gasteiger partial charge in [0.25, 0.3) is 5.69 Å². The van der Waals surface area contributed by atoms with Gasteiger partial charge in [0.2, 0.25) is 0 Å². The third kappa shape index (κ3) is 2.63. The van der Waals surface area contributed by atoms with E-state index in [2.05, 4.69) is 9.98 Å². The minimum atomic E-state index is -0.503. The van der Waals surface area contributed by atoms with Crippen LogP contribution in [0.3, 0.4) is 0 Å². The van der Waals surface area contributed by atoms with Crippen molar-refractivity contribution in [1.29, 1.82) is 0 Å². The maximum absolute atomic E-state index is 14.2. The van der Waals surface area contributed by atoms with Crippen LogP contribution in [0.15, 0.2) is 35.5 Å². The van der Waals surface area contributed by atoms with Crippen molar-refractivity contribution in [1.82, 2.24) is 9.88 Å². The molecule has 1 aromatic heterocycles. The molecule has 0 bridgehead atoms. The van der Waals surface area contributed by atoms with Crippen molar-refractivity contribution in [2.24, 2.45) is 4.99 Å². The first kappa shape index (κ1) is 15.6. The lowest BCUT2D eigenvalue weighted by Gasteiger charge is -2.27. The summed E-state index contributed by atoms with van der Waals surface area (Å²) in [4.78, 5) is 21.0. The summed E-state index contributed by atoms with van der Waals surface area (Å²) in [7, 11) is 0. The second-order valence-corrected chi connectivity index (χ2v) is 6.10. The van der Waals surface area contributed by atoms with Crippen LogP contribution >= 0.6 is 0 Å². The summed E-state index contributed by atoms with van der Waals surface area (Å²) in [5.74, 6) is -0.388. The molecule has 4 rings (SSSR count). The summed E-state index contributed by atoms with van der Waals surface area (Å²) < 4.78 is 27.8. The zero-order chi connectivity index (χ0) is 17.6. The molecule has 25 heavy (non-hydrogen) atoms. The third-order valence-electron chi connectivity index (χ3n) is 4.63. The Labute approximate surface area is 142 Å². The largest absolute Gasteiger partial charge is 0.349 e. The molecule has 0 saturated carbocycles. The lowest BCUT2D eigenvalue weighted by Crippen LogP contribution is -2.31. The molecular formula is C17H14F2N4O2. The van der Waals surface area contributed by atoms with E-state index in [0.717, 1.165) is 18.6 Å². The van der Waals surface area contributed by atoms with E-state index in [-0.39, 0.29) is 17.3 Å². The van der Waals surface area contributed by atoms with Gasteiger partial charge >= 0.3 is 0 Å². The Balaban J connectivity index is 1.73. The van der Waals surface area contributed by atoms with E-state index in [9.17, 15) is 18.9 Å². The topological polar surface area (TPSA) is 71.6 Å². The van der Waals surface area contributed by atoms with Crippen molar-refractivity contribution in [2.45, 2.75) is 25.4 Å². The normalized spacial score (nSPS) is 19.0. The van der Waals surface area contributed by atoms with Crippen LogP contribution in [0.2, 0.25) is 0 Å².